The Bertz CT molecular complexity index is 289. The van der Waals surface area contributed by atoms with Gasteiger partial charge in [0.05, 0.1) is 0 Å². The highest BCUT2D eigenvalue weighted by atomic mass is 35.5. The van der Waals surface area contributed by atoms with E-state index in [1.165, 1.54) is 18.4 Å². The van der Waals surface area contributed by atoms with Crippen molar-refractivity contribution in [3.8, 4) is 0 Å². The van der Waals surface area contributed by atoms with E-state index in [2.05, 4.69) is 12.1 Å². The lowest BCUT2D eigenvalue weighted by atomic mass is 9.89. The van der Waals surface area contributed by atoms with Crippen molar-refractivity contribution >= 4 is 18.1 Å². The number of rotatable bonds is 1. The third-order valence-corrected chi connectivity index (χ3v) is 2.98. The molecule has 0 heterocycles. The lowest BCUT2D eigenvalue weighted by Gasteiger charge is -2.24. The molecule has 1 saturated carbocycles. The van der Waals surface area contributed by atoms with Crippen LogP contribution in [-0.4, -0.2) is 0 Å². The van der Waals surface area contributed by atoms with E-state index >= 15 is 0 Å². The van der Waals surface area contributed by atoms with Crippen LogP contribution in [0.1, 0.15) is 31.2 Å². The van der Waals surface area contributed by atoms with Crippen LogP contribution in [0.25, 0.3) is 0 Å². The Morgan fingerprint density at radius 2 is 1.50 bits per heavy atom. The summed E-state index contributed by atoms with van der Waals surface area (Å²) < 4.78 is 0. The topological polar surface area (TPSA) is 52.0 Å². The molecule has 0 amide bonds. The second kappa shape index (κ2) is 4.20. The van der Waals surface area contributed by atoms with Gasteiger partial charge in [-0.15, -0.1) is 12.4 Å². The fourth-order valence-corrected chi connectivity index (χ4v) is 2.11. The summed E-state index contributed by atoms with van der Waals surface area (Å²) in [6.45, 7) is 0. The smallest absolute Gasteiger partial charge is 0.0409 e. The zero-order valence-corrected chi connectivity index (χ0v) is 9.02. The first kappa shape index (κ1) is 11.3. The Morgan fingerprint density at radius 1 is 1.00 bits per heavy atom. The van der Waals surface area contributed by atoms with Gasteiger partial charge in [-0.25, -0.2) is 0 Å². The molecule has 3 heteroatoms. The highest BCUT2D eigenvalue weighted by Gasteiger charge is 2.30. The van der Waals surface area contributed by atoms with E-state index in [4.69, 9.17) is 11.5 Å². The third-order valence-electron chi connectivity index (χ3n) is 2.98. The van der Waals surface area contributed by atoms with Crippen LogP contribution in [0.2, 0.25) is 0 Å². The van der Waals surface area contributed by atoms with Gasteiger partial charge in [0.2, 0.25) is 0 Å². The molecule has 0 spiro atoms. The van der Waals surface area contributed by atoms with Gasteiger partial charge in [0, 0.05) is 11.2 Å². The van der Waals surface area contributed by atoms with Crippen molar-refractivity contribution in [3.05, 3.63) is 29.8 Å². The fraction of sp³-hybridized carbons (Fsp3) is 0.455. The SMILES string of the molecule is Cl.Nc1ccc(C2(N)CCCC2)cc1. The van der Waals surface area contributed by atoms with Crippen LogP contribution in [0.5, 0.6) is 0 Å². The molecule has 2 rings (SSSR count). The van der Waals surface area contributed by atoms with Crippen LogP contribution < -0.4 is 11.5 Å². The van der Waals surface area contributed by atoms with Gasteiger partial charge in [-0.05, 0) is 30.5 Å². The number of nitrogen functional groups attached to an aromatic ring is 1. The van der Waals surface area contributed by atoms with E-state index < -0.39 is 0 Å². The number of benzene rings is 1. The Morgan fingerprint density at radius 3 is 2.00 bits per heavy atom. The average Bonchev–Trinajstić information content (AvgIpc) is 2.54. The molecule has 0 bridgehead atoms. The molecule has 1 aliphatic carbocycles. The Kier molecular flexibility index (Phi) is 3.40. The van der Waals surface area contributed by atoms with Crippen molar-refractivity contribution in [2.75, 3.05) is 5.73 Å². The fourth-order valence-electron chi connectivity index (χ4n) is 2.11. The lowest BCUT2D eigenvalue weighted by molar-refractivity contribution is 0.462. The van der Waals surface area contributed by atoms with Crippen LogP contribution in [0.15, 0.2) is 24.3 Å². The lowest BCUT2D eigenvalue weighted by Crippen LogP contribution is -2.32. The summed E-state index contributed by atoms with van der Waals surface area (Å²) in [6, 6.07) is 7.98. The standard InChI is InChI=1S/C11H16N2.ClH/c12-10-5-3-9(4-6-10)11(13)7-1-2-8-11;/h3-6H,1-2,7-8,12-13H2;1H. The largest absolute Gasteiger partial charge is 0.399 e. The molecule has 1 aliphatic rings. The molecule has 14 heavy (non-hydrogen) atoms. The number of hydrogen-bond donors (Lipinski definition) is 2. The Hall–Kier alpha value is -0.730. The highest BCUT2D eigenvalue weighted by molar-refractivity contribution is 5.85. The van der Waals surface area contributed by atoms with Gasteiger partial charge in [0.25, 0.3) is 0 Å². The molecular formula is C11H17ClN2. The minimum absolute atomic E-state index is 0. The summed E-state index contributed by atoms with van der Waals surface area (Å²) in [4.78, 5) is 0. The van der Waals surface area contributed by atoms with Crippen molar-refractivity contribution in [2.24, 2.45) is 5.73 Å². The number of nitrogens with two attached hydrogens (primary N) is 2. The molecule has 1 fully saturated rings. The first-order valence-corrected chi connectivity index (χ1v) is 4.86. The molecule has 0 saturated heterocycles. The molecular weight excluding hydrogens is 196 g/mol. The van der Waals surface area contributed by atoms with E-state index in [0.717, 1.165) is 18.5 Å². The first-order valence-electron chi connectivity index (χ1n) is 4.86. The summed E-state index contributed by atoms with van der Waals surface area (Å²) in [5, 5.41) is 0. The molecule has 2 nitrogen and oxygen atoms in total. The summed E-state index contributed by atoms with van der Waals surface area (Å²) in [7, 11) is 0. The van der Waals surface area contributed by atoms with Gasteiger partial charge >= 0.3 is 0 Å². The maximum absolute atomic E-state index is 6.29. The van der Waals surface area contributed by atoms with Gasteiger partial charge < -0.3 is 11.5 Å². The van der Waals surface area contributed by atoms with Gasteiger partial charge in [-0.2, -0.15) is 0 Å². The molecule has 4 N–H and O–H groups in total. The van der Waals surface area contributed by atoms with E-state index in [-0.39, 0.29) is 17.9 Å². The summed E-state index contributed by atoms with van der Waals surface area (Å²) in [5.74, 6) is 0. The number of hydrogen-bond acceptors (Lipinski definition) is 2. The molecule has 0 atom stereocenters. The maximum atomic E-state index is 6.29. The minimum atomic E-state index is -0.0757. The predicted octanol–water partition coefficient (Wildman–Crippen LogP) is 2.42. The molecule has 0 aliphatic heterocycles. The molecule has 1 aromatic rings. The monoisotopic (exact) mass is 212 g/mol. The van der Waals surface area contributed by atoms with Crippen LogP contribution in [0.3, 0.4) is 0 Å². The van der Waals surface area contributed by atoms with Crippen LogP contribution >= 0.6 is 12.4 Å². The number of anilines is 1. The van der Waals surface area contributed by atoms with Crippen molar-refractivity contribution in [2.45, 2.75) is 31.2 Å². The molecule has 1 aromatic carbocycles. The van der Waals surface area contributed by atoms with Crippen molar-refractivity contribution in [3.63, 3.8) is 0 Å². The Labute approximate surface area is 91.1 Å². The zero-order valence-electron chi connectivity index (χ0n) is 8.20. The number of halogens is 1. The van der Waals surface area contributed by atoms with E-state index in [0.29, 0.717) is 0 Å². The second-order valence-electron chi connectivity index (χ2n) is 3.99. The summed E-state index contributed by atoms with van der Waals surface area (Å²) >= 11 is 0. The minimum Gasteiger partial charge on any atom is -0.399 e. The van der Waals surface area contributed by atoms with Gasteiger partial charge in [0.15, 0.2) is 0 Å². The van der Waals surface area contributed by atoms with Crippen molar-refractivity contribution < 1.29 is 0 Å². The average molecular weight is 213 g/mol. The van der Waals surface area contributed by atoms with E-state index in [1.807, 2.05) is 12.1 Å². The van der Waals surface area contributed by atoms with E-state index in [9.17, 15) is 0 Å². The quantitative estimate of drug-likeness (QED) is 0.703. The zero-order chi connectivity index (χ0) is 9.31. The van der Waals surface area contributed by atoms with Gasteiger partial charge in [0.1, 0.15) is 0 Å². The molecule has 0 unspecified atom stereocenters. The molecule has 0 aromatic heterocycles. The Balaban J connectivity index is 0.000000980. The molecule has 0 radical (unpaired) electrons. The van der Waals surface area contributed by atoms with E-state index in [1.54, 1.807) is 0 Å². The highest BCUT2D eigenvalue weighted by Crippen LogP contribution is 2.36. The van der Waals surface area contributed by atoms with Gasteiger partial charge in [-0.3, -0.25) is 0 Å². The summed E-state index contributed by atoms with van der Waals surface area (Å²) in [5.41, 5.74) is 13.9. The normalized spacial score (nSPS) is 18.9. The van der Waals surface area contributed by atoms with Crippen molar-refractivity contribution in [1.82, 2.24) is 0 Å². The maximum Gasteiger partial charge on any atom is 0.0409 e. The first-order chi connectivity index (χ1) is 6.21. The van der Waals surface area contributed by atoms with Crippen LogP contribution in [0, 0.1) is 0 Å². The van der Waals surface area contributed by atoms with Crippen LogP contribution in [0.4, 0.5) is 5.69 Å². The second-order valence-corrected chi connectivity index (χ2v) is 3.99. The van der Waals surface area contributed by atoms with Crippen molar-refractivity contribution in [1.29, 1.82) is 0 Å². The van der Waals surface area contributed by atoms with Gasteiger partial charge in [-0.1, -0.05) is 25.0 Å². The third kappa shape index (κ3) is 2.02. The molecule has 78 valence electrons. The van der Waals surface area contributed by atoms with Crippen LogP contribution in [-0.2, 0) is 5.54 Å². The summed E-state index contributed by atoms with van der Waals surface area (Å²) in [6.07, 6.45) is 4.72. The predicted molar refractivity (Wildman–Crippen MR) is 62.4 cm³/mol.